The topological polar surface area (TPSA) is 54.9 Å². The molecule has 1 aliphatic rings. The van der Waals surface area contributed by atoms with E-state index in [0.29, 0.717) is 32.0 Å². The maximum absolute atomic E-state index is 13.7. The molecule has 1 aliphatic heterocycles. The summed E-state index contributed by atoms with van der Waals surface area (Å²) in [5.41, 5.74) is -0.512. The van der Waals surface area contributed by atoms with Gasteiger partial charge in [0.25, 0.3) is 0 Å². The van der Waals surface area contributed by atoms with Gasteiger partial charge in [-0.1, -0.05) is 0 Å². The number of carbonyl (C=O) groups is 1. The van der Waals surface area contributed by atoms with Crippen LogP contribution in [-0.2, 0) is 4.74 Å². The molecule has 1 amide bonds. The number of anilines is 1. The van der Waals surface area contributed by atoms with Crippen LogP contribution in [0.2, 0.25) is 0 Å². The minimum atomic E-state index is -0.512. The van der Waals surface area contributed by atoms with Crippen LogP contribution in [0, 0.1) is 5.82 Å². The molecule has 0 atom stereocenters. The van der Waals surface area contributed by atoms with Gasteiger partial charge < -0.3 is 19.3 Å². The van der Waals surface area contributed by atoms with Crippen molar-refractivity contribution in [2.24, 2.45) is 0 Å². The Hall–Kier alpha value is -2.05. The van der Waals surface area contributed by atoms with Crippen LogP contribution in [0.25, 0.3) is 0 Å². The van der Waals surface area contributed by atoms with Gasteiger partial charge in [0.15, 0.2) is 17.4 Å². The van der Waals surface area contributed by atoms with Gasteiger partial charge in [-0.3, -0.25) is 0 Å². The average Bonchev–Trinajstić information content (AvgIpc) is 2.45. The summed E-state index contributed by atoms with van der Waals surface area (Å²) in [6, 6.07) is 1.26. The van der Waals surface area contributed by atoms with Crippen molar-refractivity contribution in [2.75, 3.05) is 38.2 Å². The normalized spacial score (nSPS) is 15.7. The number of hydrogen-bond acceptors (Lipinski definition) is 5. The molecule has 0 N–H and O–H groups in total. The molecule has 6 nitrogen and oxygen atoms in total. The van der Waals surface area contributed by atoms with Crippen LogP contribution < -0.4 is 9.64 Å². The lowest BCUT2D eigenvalue weighted by Gasteiger charge is -2.36. The predicted molar refractivity (Wildman–Crippen MR) is 80.8 cm³/mol. The highest BCUT2D eigenvalue weighted by Crippen LogP contribution is 2.29. The minimum Gasteiger partial charge on any atom is -0.490 e. The highest BCUT2D eigenvalue weighted by Gasteiger charge is 2.27. The Bertz CT molecular complexity index is 537. The van der Waals surface area contributed by atoms with Crippen molar-refractivity contribution in [3.63, 3.8) is 0 Å². The SMILES string of the molecule is COc1c(F)ccnc1N1CCN(C(=O)OC(C)(C)C)CC1. The van der Waals surface area contributed by atoms with Crippen molar-refractivity contribution >= 4 is 11.9 Å². The van der Waals surface area contributed by atoms with Crippen LogP contribution in [-0.4, -0.2) is 54.9 Å². The predicted octanol–water partition coefficient (Wildman–Crippen LogP) is 2.29. The lowest BCUT2D eigenvalue weighted by molar-refractivity contribution is 0.0240. The smallest absolute Gasteiger partial charge is 0.410 e. The molecule has 0 radical (unpaired) electrons. The maximum atomic E-state index is 13.7. The maximum Gasteiger partial charge on any atom is 0.410 e. The minimum absolute atomic E-state index is 0.133. The Labute approximate surface area is 129 Å². The van der Waals surface area contributed by atoms with E-state index >= 15 is 0 Å². The highest BCUT2D eigenvalue weighted by atomic mass is 19.1. The molecular formula is C15H22FN3O3. The van der Waals surface area contributed by atoms with Crippen molar-refractivity contribution in [3.8, 4) is 5.75 Å². The van der Waals surface area contributed by atoms with E-state index in [9.17, 15) is 9.18 Å². The number of halogens is 1. The van der Waals surface area contributed by atoms with E-state index in [0.717, 1.165) is 0 Å². The van der Waals surface area contributed by atoms with Crippen LogP contribution in [0.3, 0.4) is 0 Å². The van der Waals surface area contributed by atoms with Gasteiger partial charge in [-0.2, -0.15) is 0 Å². The summed E-state index contributed by atoms with van der Waals surface area (Å²) in [6.45, 7) is 7.60. The van der Waals surface area contributed by atoms with Gasteiger partial charge in [0.05, 0.1) is 7.11 Å². The lowest BCUT2D eigenvalue weighted by atomic mass is 10.2. The van der Waals surface area contributed by atoms with E-state index in [-0.39, 0.29) is 11.8 Å². The molecule has 1 aromatic rings. The molecule has 0 aromatic carbocycles. The fraction of sp³-hybridized carbons (Fsp3) is 0.600. The molecule has 7 heteroatoms. The number of carbonyl (C=O) groups excluding carboxylic acids is 1. The first kappa shape index (κ1) is 16.3. The second-order valence-corrected chi connectivity index (χ2v) is 6.10. The summed E-state index contributed by atoms with van der Waals surface area (Å²) in [7, 11) is 1.42. The van der Waals surface area contributed by atoms with Crippen LogP contribution in [0.15, 0.2) is 12.3 Å². The second kappa shape index (κ2) is 6.37. The third-order valence-corrected chi connectivity index (χ3v) is 3.27. The summed E-state index contributed by atoms with van der Waals surface area (Å²) >= 11 is 0. The average molecular weight is 311 g/mol. The zero-order valence-corrected chi connectivity index (χ0v) is 13.4. The summed E-state index contributed by atoms with van der Waals surface area (Å²) in [5.74, 6) is 0.154. The zero-order chi connectivity index (χ0) is 16.3. The summed E-state index contributed by atoms with van der Waals surface area (Å²) < 4.78 is 24.2. The second-order valence-electron chi connectivity index (χ2n) is 6.10. The number of piperazine rings is 1. The van der Waals surface area contributed by atoms with Gasteiger partial charge in [-0.15, -0.1) is 0 Å². The fourth-order valence-electron chi connectivity index (χ4n) is 2.26. The van der Waals surface area contributed by atoms with Crippen molar-refractivity contribution < 1.29 is 18.7 Å². The van der Waals surface area contributed by atoms with Gasteiger partial charge >= 0.3 is 6.09 Å². The third-order valence-electron chi connectivity index (χ3n) is 3.27. The Morgan fingerprint density at radius 2 is 1.91 bits per heavy atom. The van der Waals surface area contributed by atoms with Crippen LogP contribution in [0.1, 0.15) is 20.8 Å². The third kappa shape index (κ3) is 3.78. The Kier molecular flexibility index (Phi) is 4.73. The van der Waals surface area contributed by atoms with E-state index in [1.54, 1.807) is 4.90 Å². The number of amides is 1. The molecule has 2 rings (SSSR count). The first-order chi connectivity index (χ1) is 10.3. The number of methoxy groups -OCH3 is 1. The number of aromatic nitrogens is 1. The number of rotatable bonds is 2. The number of nitrogens with zero attached hydrogens (tertiary/aromatic N) is 3. The first-order valence-corrected chi connectivity index (χ1v) is 7.23. The molecule has 1 saturated heterocycles. The Morgan fingerprint density at radius 3 is 2.45 bits per heavy atom. The largest absolute Gasteiger partial charge is 0.490 e. The molecule has 1 fully saturated rings. The van der Waals surface area contributed by atoms with E-state index < -0.39 is 11.4 Å². The van der Waals surface area contributed by atoms with Crippen molar-refractivity contribution in [2.45, 2.75) is 26.4 Å². The van der Waals surface area contributed by atoms with Gasteiger partial charge in [0.2, 0.25) is 0 Å². The van der Waals surface area contributed by atoms with Crippen molar-refractivity contribution in [1.82, 2.24) is 9.88 Å². The number of hydrogen-bond donors (Lipinski definition) is 0. The van der Waals surface area contributed by atoms with E-state index in [2.05, 4.69) is 4.98 Å². The molecule has 0 aliphatic carbocycles. The van der Waals surface area contributed by atoms with Crippen molar-refractivity contribution in [3.05, 3.63) is 18.1 Å². The Balaban J connectivity index is 2.01. The van der Waals surface area contributed by atoms with Crippen LogP contribution >= 0.6 is 0 Å². The molecule has 0 unspecified atom stereocenters. The quantitative estimate of drug-likeness (QED) is 0.839. The number of pyridine rings is 1. The van der Waals surface area contributed by atoms with Gasteiger partial charge in [0.1, 0.15) is 5.60 Å². The molecular weight excluding hydrogens is 289 g/mol. The lowest BCUT2D eigenvalue weighted by Crippen LogP contribution is -2.50. The molecule has 122 valence electrons. The molecule has 1 aromatic heterocycles. The van der Waals surface area contributed by atoms with Crippen molar-refractivity contribution in [1.29, 1.82) is 0 Å². The van der Waals surface area contributed by atoms with E-state index in [1.807, 2.05) is 25.7 Å². The standard InChI is InChI=1S/C15H22FN3O3/c1-15(2,3)22-14(20)19-9-7-18(8-10-19)13-12(21-4)11(16)5-6-17-13/h5-6H,7-10H2,1-4H3. The summed E-state index contributed by atoms with van der Waals surface area (Å²) in [5, 5.41) is 0. The van der Waals surface area contributed by atoms with E-state index in [4.69, 9.17) is 9.47 Å². The highest BCUT2D eigenvalue weighted by molar-refractivity contribution is 5.68. The van der Waals surface area contributed by atoms with Gasteiger partial charge in [-0.05, 0) is 26.8 Å². The van der Waals surface area contributed by atoms with Gasteiger partial charge in [-0.25, -0.2) is 14.2 Å². The first-order valence-electron chi connectivity index (χ1n) is 7.23. The molecule has 22 heavy (non-hydrogen) atoms. The number of ether oxygens (including phenoxy) is 2. The monoisotopic (exact) mass is 311 g/mol. The van der Waals surface area contributed by atoms with Crippen LogP contribution in [0.5, 0.6) is 5.75 Å². The van der Waals surface area contributed by atoms with Crippen LogP contribution in [0.4, 0.5) is 15.0 Å². The molecule has 0 bridgehead atoms. The molecule has 2 heterocycles. The molecule has 0 saturated carbocycles. The summed E-state index contributed by atoms with van der Waals surface area (Å²) in [4.78, 5) is 19.8. The summed E-state index contributed by atoms with van der Waals surface area (Å²) in [6.07, 6.45) is 1.08. The zero-order valence-electron chi connectivity index (χ0n) is 13.4. The van der Waals surface area contributed by atoms with E-state index in [1.165, 1.54) is 19.4 Å². The Morgan fingerprint density at radius 1 is 1.27 bits per heavy atom. The van der Waals surface area contributed by atoms with Gasteiger partial charge in [0, 0.05) is 32.4 Å². The molecule has 0 spiro atoms. The fourth-order valence-corrected chi connectivity index (χ4v) is 2.26.